The van der Waals surface area contributed by atoms with Gasteiger partial charge in [0.1, 0.15) is 5.78 Å². The molecule has 1 saturated heterocycles. The summed E-state index contributed by atoms with van der Waals surface area (Å²) >= 11 is 0. The molecule has 0 amide bonds. The summed E-state index contributed by atoms with van der Waals surface area (Å²) in [5, 5.41) is 13.5. The molecule has 0 spiro atoms. The minimum absolute atomic E-state index is 0.0256. The van der Waals surface area contributed by atoms with Gasteiger partial charge < -0.3 is 9.05 Å². The minimum Gasteiger partial charge on any atom is -0.311 e. The Morgan fingerprint density at radius 1 is 1.28 bits per heavy atom. The molecule has 2 atom stereocenters. The van der Waals surface area contributed by atoms with E-state index in [1.807, 2.05) is 0 Å². The second-order valence-corrected chi connectivity index (χ2v) is 6.21. The monoisotopic (exact) mass is 272 g/mol. The molecule has 1 aliphatic rings. The van der Waals surface area contributed by atoms with Gasteiger partial charge in [-0.3, -0.25) is 20.0 Å². The smallest absolute Gasteiger partial charge is 0.311 e. The Kier molecular flexibility index (Phi) is 3.49. The van der Waals surface area contributed by atoms with Crippen LogP contribution in [0.1, 0.15) is 11.6 Å². The van der Waals surface area contributed by atoms with E-state index < -0.39 is 18.3 Å². The highest BCUT2D eigenvalue weighted by atomic mass is 31.2. The summed E-state index contributed by atoms with van der Waals surface area (Å²) in [4.78, 5) is 10.1. The third-order valence-electron chi connectivity index (χ3n) is 2.87. The molecule has 1 fully saturated rings. The van der Waals surface area contributed by atoms with Crippen molar-refractivity contribution < 1.29 is 18.5 Å². The highest BCUT2D eigenvalue weighted by Gasteiger charge is 2.52. The molecule has 98 valence electrons. The molecule has 7 nitrogen and oxygen atoms in total. The van der Waals surface area contributed by atoms with Crippen LogP contribution in [0.4, 0.5) is 5.69 Å². The number of nitro groups is 1. The highest BCUT2D eigenvalue weighted by Crippen LogP contribution is 2.60. The molecule has 0 radical (unpaired) electrons. The third-order valence-corrected chi connectivity index (χ3v) is 5.02. The van der Waals surface area contributed by atoms with Crippen molar-refractivity contribution in [2.75, 3.05) is 14.2 Å². The second-order valence-electron chi connectivity index (χ2n) is 3.84. The molecular formula is C10H13N2O5P. The lowest BCUT2D eigenvalue weighted by Crippen LogP contribution is -1.98. The quantitative estimate of drug-likeness (QED) is 0.381. The van der Waals surface area contributed by atoms with Crippen molar-refractivity contribution in [3.05, 3.63) is 39.9 Å². The van der Waals surface area contributed by atoms with Gasteiger partial charge in [-0.15, -0.1) is 0 Å². The zero-order valence-electron chi connectivity index (χ0n) is 9.90. The van der Waals surface area contributed by atoms with Crippen molar-refractivity contribution in [2.45, 2.75) is 11.8 Å². The lowest BCUT2D eigenvalue weighted by atomic mass is 10.1. The van der Waals surface area contributed by atoms with Crippen LogP contribution in [0.3, 0.4) is 0 Å². The fourth-order valence-corrected chi connectivity index (χ4v) is 3.27. The highest BCUT2D eigenvalue weighted by molar-refractivity contribution is 7.55. The van der Waals surface area contributed by atoms with Crippen molar-refractivity contribution in [2.24, 2.45) is 0 Å². The lowest BCUT2D eigenvalue weighted by Gasteiger charge is -2.11. The maximum absolute atomic E-state index is 12.1. The van der Waals surface area contributed by atoms with E-state index in [9.17, 15) is 14.7 Å². The predicted octanol–water partition coefficient (Wildman–Crippen LogP) is 2.05. The lowest BCUT2D eigenvalue weighted by molar-refractivity contribution is -0.384. The standard InChI is InChI=1S/C10H13N2O5P/c1-16-18(15,17-2)10-9(11-10)7-3-5-8(6-4-7)12(13)14/h3-6,9-11H,1-2H3/t9-,10+/m1/s1. The SMILES string of the molecule is COP(=O)(OC)[C@@H]1N[C@@H]1c1ccc([N+](=O)[O-])cc1. The molecule has 1 N–H and O–H groups in total. The molecule has 1 aliphatic heterocycles. The summed E-state index contributed by atoms with van der Waals surface area (Å²) in [5.74, 6) is -0.394. The Morgan fingerprint density at radius 3 is 2.28 bits per heavy atom. The molecule has 0 unspecified atom stereocenters. The zero-order valence-corrected chi connectivity index (χ0v) is 10.8. The van der Waals surface area contributed by atoms with Gasteiger partial charge in [-0.05, 0) is 5.56 Å². The van der Waals surface area contributed by atoms with E-state index in [0.29, 0.717) is 0 Å². The summed E-state index contributed by atoms with van der Waals surface area (Å²) < 4.78 is 21.8. The Hall–Kier alpha value is -1.27. The van der Waals surface area contributed by atoms with Gasteiger partial charge in [-0.25, -0.2) is 0 Å². The fourth-order valence-electron chi connectivity index (χ4n) is 1.79. The number of rotatable bonds is 5. The fraction of sp³-hybridized carbons (Fsp3) is 0.400. The normalized spacial score (nSPS) is 22.8. The van der Waals surface area contributed by atoms with Crippen LogP contribution in [0, 0.1) is 10.1 Å². The summed E-state index contributed by atoms with van der Waals surface area (Å²) in [7, 11) is -0.478. The maximum Gasteiger partial charge on any atom is 0.348 e. The number of nitro benzene ring substituents is 1. The summed E-state index contributed by atoms with van der Waals surface area (Å²) in [6.45, 7) is 0. The first-order chi connectivity index (χ1) is 8.51. The van der Waals surface area contributed by atoms with Gasteiger partial charge in [0.05, 0.1) is 11.0 Å². The van der Waals surface area contributed by atoms with Crippen LogP contribution in [0.15, 0.2) is 24.3 Å². The van der Waals surface area contributed by atoms with Gasteiger partial charge in [0.15, 0.2) is 0 Å². The number of nitrogens with zero attached hydrogens (tertiary/aromatic N) is 1. The molecule has 1 aromatic rings. The maximum atomic E-state index is 12.1. The summed E-state index contributed by atoms with van der Waals surface area (Å²) in [5.41, 5.74) is 0.845. The van der Waals surface area contributed by atoms with E-state index in [1.165, 1.54) is 26.4 Å². The van der Waals surface area contributed by atoms with Crippen LogP contribution in [-0.2, 0) is 13.6 Å². The number of hydrogen-bond donors (Lipinski definition) is 1. The van der Waals surface area contributed by atoms with Gasteiger partial charge in [-0.1, -0.05) is 12.1 Å². The number of nitrogens with one attached hydrogen (secondary N) is 1. The summed E-state index contributed by atoms with van der Waals surface area (Å²) in [6, 6.07) is 5.93. The van der Waals surface area contributed by atoms with E-state index in [-0.39, 0.29) is 11.7 Å². The van der Waals surface area contributed by atoms with Crippen LogP contribution in [0.5, 0.6) is 0 Å². The van der Waals surface area contributed by atoms with E-state index >= 15 is 0 Å². The molecule has 1 heterocycles. The van der Waals surface area contributed by atoms with Crippen LogP contribution in [0.2, 0.25) is 0 Å². The summed E-state index contributed by atoms with van der Waals surface area (Å²) in [6.07, 6.45) is 0. The van der Waals surface area contributed by atoms with Crippen molar-refractivity contribution in [3.8, 4) is 0 Å². The van der Waals surface area contributed by atoms with E-state index in [4.69, 9.17) is 9.05 Å². The molecule has 1 aromatic carbocycles. The van der Waals surface area contributed by atoms with Crippen LogP contribution in [0.25, 0.3) is 0 Å². The van der Waals surface area contributed by atoms with E-state index in [0.717, 1.165) is 5.56 Å². The average molecular weight is 272 g/mol. The van der Waals surface area contributed by atoms with Crippen molar-refractivity contribution in [1.29, 1.82) is 0 Å². The van der Waals surface area contributed by atoms with Crippen LogP contribution < -0.4 is 5.32 Å². The second kappa shape index (κ2) is 4.78. The Morgan fingerprint density at radius 2 is 1.83 bits per heavy atom. The first-order valence-electron chi connectivity index (χ1n) is 5.23. The Balaban J connectivity index is 2.12. The first kappa shape index (κ1) is 13.2. The molecular weight excluding hydrogens is 259 g/mol. The Bertz CT molecular complexity index is 495. The van der Waals surface area contributed by atoms with Crippen LogP contribution in [-0.4, -0.2) is 24.9 Å². The molecule has 18 heavy (non-hydrogen) atoms. The topological polar surface area (TPSA) is 101 Å². The molecule has 0 aliphatic carbocycles. The number of hydrogen-bond acceptors (Lipinski definition) is 6. The third kappa shape index (κ3) is 2.30. The molecule has 8 heteroatoms. The van der Waals surface area contributed by atoms with Gasteiger partial charge in [0, 0.05) is 26.4 Å². The molecule has 0 saturated carbocycles. The van der Waals surface area contributed by atoms with Crippen LogP contribution >= 0.6 is 7.60 Å². The van der Waals surface area contributed by atoms with E-state index in [1.54, 1.807) is 12.1 Å². The number of benzene rings is 1. The average Bonchev–Trinajstić information content (AvgIpc) is 3.18. The molecule has 2 rings (SSSR count). The van der Waals surface area contributed by atoms with Crippen molar-refractivity contribution >= 4 is 13.3 Å². The largest absolute Gasteiger partial charge is 0.348 e. The predicted molar refractivity (Wildman–Crippen MR) is 64.4 cm³/mol. The minimum atomic E-state index is -3.14. The Labute approximate surface area is 104 Å². The van der Waals surface area contributed by atoms with E-state index in [2.05, 4.69) is 5.32 Å². The number of non-ortho nitro benzene ring substituents is 1. The molecule has 0 aromatic heterocycles. The van der Waals surface area contributed by atoms with Crippen molar-refractivity contribution in [1.82, 2.24) is 5.32 Å². The van der Waals surface area contributed by atoms with Gasteiger partial charge in [0.2, 0.25) is 0 Å². The van der Waals surface area contributed by atoms with Crippen molar-refractivity contribution in [3.63, 3.8) is 0 Å². The molecule has 0 bridgehead atoms. The van der Waals surface area contributed by atoms with Gasteiger partial charge in [0.25, 0.3) is 5.69 Å². The first-order valence-corrected chi connectivity index (χ1v) is 6.84. The zero-order chi connectivity index (χ0) is 13.3. The van der Waals surface area contributed by atoms with Gasteiger partial charge in [-0.2, -0.15) is 0 Å². The van der Waals surface area contributed by atoms with Gasteiger partial charge >= 0.3 is 7.60 Å².